The molecule has 0 bridgehead atoms. The number of nitrogen functional groups attached to an aromatic ring is 1. The third-order valence-corrected chi connectivity index (χ3v) is 3.54. The predicted octanol–water partition coefficient (Wildman–Crippen LogP) is 2.21. The molecule has 110 valence electrons. The van der Waals surface area contributed by atoms with Crippen molar-refractivity contribution in [2.24, 2.45) is 11.8 Å². The molecule has 0 aliphatic rings. The summed E-state index contributed by atoms with van der Waals surface area (Å²) in [4.78, 5) is 23.7. The molecule has 3 N–H and O–H groups in total. The molecule has 0 aromatic heterocycles. The van der Waals surface area contributed by atoms with Gasteiger partial charge in [0.2, 0.25) is 0 Å². The molecule has 6 heteroatoms. The quantitative estimate of drug-likeness (QED) is 0.634. The van der Waals surface area contributed by atoms with Crippen molar-refractivity contribution in [3.05, 3.63) is 28.2 Å². The van der Waals surface area contributed by atoms with Crippen LogP contribution in [0.5, 0.6) is 0 Å². The highest BCUT2D eigenvalue weighted by Crippen LogP contribution is 2.19. The van der Waals surface area contributed by atoms with Crippen LogP contribution < -0.4 is 11.1 Å². The molecule has 1 aromatic rings. The lowest BCUT2D eigenvalue weighted by atomic mass is 9.96. The molecule has 5 nitrogen and oxygen atoms in total. The van der Waals surface area contributed by atoms with Crippen molar-refractivity contribution in [2.45, 2.75) is 13.8 Å². The zero-order chi connectivity index (χ0) is 15.3. The number of benzene rings is 1. The van der Waals surface area contributed by atoms with E-state index in [9.17, 15) is 9.59 Å². The fraction of sp³-hybridized carbons (Fsp3) is 0.429. The van der Waals surface area contributed by atoms with Crippen molar-refractivity contribution >= 4 is 33.5 Å². The number of hydrogen-bond donors (Lipinski definition) is 2. The number of ether oxygens (including phenoxy) is 1. The maximum absolute atomic E-state index is 12.1. The van der Waals surface area contributed by atoms with E-state index in [4.69, 9.17) is 10.5 Å². The number of nitrogens with two attached hydrogens (primary N) is 1. The number of methoxy groups -OCH3 is 1. The van der Waals surface area contributed by atoms with Gasteiger partial charge in [-0.15, -0.1) is 0 Å². The molecule has 1 aromatic carbocycles. The van der Waals surface area contributed by atoms with Gasteiger partial charge >= 0.3 is 5.97 Å². The number of esters is 1. The average molecular weight is 343 g/mol. The first-order valence-electron chi connectivity index (χ1n) is 6.27. The summed E-state index contributed by atoms with van der Waals surface area (Å²) in [5.41, 5.74) is 6.54. The van der Waals surface area contributed by atoms with Gasteiger partial charge in [-0.3, -0.25) is 9.59 Å². The minimum absolute atomic E-state index is 0.0719. The minimum Gasteiger partial charge on any atom is -0.469 e. The summed E-state index contributed by atoms with van der Waals surface area (Å²) in [5.74, 6) is -0.944. The number of hydrogen-bond acceptors (Lipinski definition) is 4. The molecule has 0 saturated carbocycles. The SMILES string of the molecule is COC(=O)C(CNC(=O)c1cc(Br)ccc1N)C(C)C. The summed E-state index contributed by atoms with van der Waals surface area (Å²) in [6.07, 6.45) is 0. The zero-order valence-corrected chi connectivity index (χ0v) is 13.4. The van der Waals surface area contributed by atoms with Crippen molar-refractivity contribution < 1.29 is 14.3 Å². The Morgan fingerprint density at radius 1 is 1.40 bits per heavy atom. The van der Waals surface area contributed by atoms with Gasteiger partial charge in [-0.25, -0.2) is 0 Å². The third-order valence-electron chi connectivity index (χ3n) is 3.05. The van der Waals surface area contributed by atoms with Crippen LogP contribution in [-0.2, 0) is 9.53 Å². The second-order valence-electron chi connectivity index (χ2n) is 4.82. The third kappa shape index (κ3) is 4.23. The van der Waals surface area contributed by atoms with Gasteiger partial charge in [-0.2, -0.15) is 0 Å². The van der Waals surface area contributed by atoms with Gasteiger partial charge in [-0.1, -0.05) is 29.8 Å². The van der Waals surface area contributed by atoms with Crippen LogP contribution in [0.1, 0.15) is 24.2 Å². The summed E-state index contributed by atoms with van der Waals surface area (Å²) < 4.78 is 5.50. The van der Waals surface area contributed by atoms with Gasteiger partial charge in [0.1, 0.15) is 0 Å². The van der Waals surface area contributed by atoms with E-state index in [0.717, 1.165) is 4.47 Å². The fourth-order valence-electron chi connectivity index (χ4n) is 1.77. The first-order valence-corrected chi connectivity index (χ1v) is 7.07. The van der Waals surface area contributed by atoms with E-state index in [0.29, 0.717) is 11.3 Å². The van der Waals surface area contributed by atoms with Crippen LogP contribution in [0, 0.1) is 11.8 Å². The fourth-order valence-corrected chi connectivity index (χ4v) is 2.13. The standard InChI is InChI=1S/C14H19BrN2O3/c1-8(2)11(14(19)20-3)7-17-13(18)10-6-9(15)4-5-12(10)16/h4-6,8,11H,7,16H2,1-3H3,(H,17,18). The van der Waals surface area contributed by atoms with Gasteiger partial charge in [0, 0.05) is 16.7 Å². The Morgan fingerprint density at radius 3 is 2.60 bits per heavy atom. The number of amides is 1. The molecule has 1 rings (SSSR count). The average Bonchev–Trinajstić information content (AvgIpc) is 2.40. The monoisotopic (exact) mass is 342 g/mol. The van der Waals surface area contributed by atoms with E-state index < -0.39 is 0 Å². The molecule has 0 heterocycles. The number of carbonyl (C=O) groups is 2. The molecular formula is C14H19BrN2O3. The summed E-state index contributed by atoms with van der Waals surface area (Å²) in [6, 6.07) is 5.06. The molecule has 20 heavy (non-hydrogen) atoms. The zero-order valence-electron chi connectivity index (χ0n) is 11.8. The lowest BCUT2D eigenvalue weighted by molar-refractivity contribution is -0.146. The van der Waals surface area contributed by atoms with E-state index in [2.05, 4.69) is 21.2 Å². The molecule has 0 radical (unpaired) electrons. The maximum atomic E-state index is 12.1. The number of carbonyl (C=O) groups excluding carboxylic acids is 2. The molecule has 0 saturated heterocycles. The predicted molar refractivity (Wildman–Crippen MR) is 81.2 cm³/mol. The Bertz CT molecular complexity index is 503. The van der Waals surface area contributed by atoms with Crippen LogP contribution in [0.15, 0.2) is 22.7 Å². The number of anilines is 1. The Balaban J connectivity index is 2.75. The van der Waals surface area contributed by atoms with Crippen LogP contribution in [0.25, 0.3) is 0 Å². The first-order chi connectivity index (χ1) is 9.36. The van der Waals surface area contributed by atoms with Gasteiger partial charge < -0.3 is 15.8 Å². The van der Waals surface area contributed by atoms with E-state index in [-0.39, 0.29) is 30.3 Å². The summed E-state index contributed by atoms with van der Waals surface area (Å²) in [7, 11) is 1.34. The Labute approximate surface area is 127 Å². The van der Waals surface area contributed by atoms with Crippen LogP contribution in [-0.4, -0.2) is 25.5 Å². The number of halogens is 1. The molecule has 0 aliphatic heterocycles. The van der Waals surface area contributed by atoms with E-state index in [1.54, 1.807) is 18.2 Å². The summed E-state index contributed by atoms with van der Waals surface area (Å²) in [5, 5.41) is 2.72. The van der Waals surface area contributed by atoms with Gasteiger partial charge in [0.05, 0.1) is 18.6 Å². The molecule has 0 aliphatic carbocycles. The largest absolute Gasteiger partial charge is 0.469 e. The van der Waals surface area contributed by atoms with E-state index in [1.807, 2.05) is 13.8 Å². The molecule has 0 fully saturated rings. The maximum Gasteiger partial charge on any atom is 0.310 e. The normalized spacial score (nSPS) is 12.1. The highest BCUT2D eigenvalue weighted by atomic mass is 79.9. The van der Waals surface area contributed by atoms with Crippen LogP contribution >= 0.6 is 15.9 Å². The highest BCUT2D eigenvalue weighted by Gasteiger charge is 2.24. The molecule has 1 amide bonds. The van der Waals surface area contributed by atoms with Crippen LogP contribution in [0.4, 0.5) is 5.69 Å². The lowest BCUT2D eigenvalue weighted by Crippen LogP contribution is -2.36. The van der Waals surface area contributed by atoms with Crippen molar-refractivity contribution in [3.63, 3.8) is 0 Å². The van der Waals surface area contributed by atoms with Crippen LogP contribution in [0.2, 0.25) is 0 Å². The minimum atomic E-state index is -0.377. The number of rotatable bonds is 5. The lowest BCUT2D eigenvalue weighted by Gasteiger charge is -2.19. The van der Waals surface area contributed by atoms with Crippen molar-refractivity contribution in [2.75, 3.05) is 19.4 Å². The molecule has 1 unspecified atom stereocenters. The van der Waals surface area contributed by atoms with Gasteiger partial charge in [0.25, 0.3) is 5.91 Å². The highest BCUT2D eigenvalue weighted by molar-refractivity contribution is 9.10. The van der Waals surface area contributed by atoms with Crippen molar-refractivity contribution in [1.82, 2.24) is 5.32 Å². The second-order valence-corrected chi connectivity index (χ2v) is 5.73. The van der Waals surface area contributed by atoms with E-state index in [1.165, 1.54) is 7.11 Å². The number of nitrogens with one attached hydrogen (secondary N) is 1. The van der Waals surface area contributed by atoms with E-state index >= 15 is 0 Å². The Hall–Kier alpha value is -1.56. The molecule has 0 spiro atoms. The molecule has 1 atom stereocenters. The second kappa shape index (κ2) is 7.28. The molecular weight excluding hydrogens is 324 g/mol. The summed E-state index contributed by atoms with van der Waals surface area (Å²) >= 11 is 3.29. The Kier molecular flexibility index (Phi) is 6.01. The van der Waals surface area contributed by atoms with Crippen molar-refractivity contribution in [3.8, 4) is 0 Å². The van der Waals surface area contributed by atoms with Crippen molar-refractivity contribution in [1.29, 1.82) is 0 Å². The smallest absolute Gasteiger partial charge is 0.310 e. The van der Waals surface area contributed by atoms with Gasteiger partial charge in [0.15, 0.2) is 0 Å². The van der Waals surface area contributed by atoms with Crippen LogP contribution in [0.3, 0.4) is 0 Å². The first kappa shape index (κ1) is 16.5. The topological polar surface area (TPSA) is 81.4 Å². The summed E-state index contributed by atoms with van der Waals surface area (Å²) in [6.45, 7) is 4.03. The Morgan fingerprint density at radius 2 is 2.05 bits per heavy atom. The van der Waals surface area contributed by atoms with Gasteiger partial charge in [-0.05, 0) is 24.1 Å².